The molecule has 0 bridgehead atoms. The third-order valence-electron chi connectivity index (χ3n) is 2.82. The van der Waals surface area contributed by atoms with Gasteiger partial charge in [-0.05, 0) is 35.4 Å². The Labute approximate surface area is 140 Å². The predicted molar refractivity (Wildman–Crippen MR) is 84.5 cm³/mol. The van der Waals surface area contributed by atoms with Gasteiger partial charge >= 0.3 is 5.97 Å². The maximum absolute atomic E-state index is 10.9. The van der Waals surface area contributed by atoms with Crippen molar-refractivity contribution in [1.29, 1.82) is 0 Å². The summed E-state index contributed by atoms with van der Waals surface area (Å²) < 4.78 is 0. The van der Waals surface area contributed by atoms with Crippen LogP contribution in [0.5, 0.6) is 0 Å². The number of hydrogen-bond donors (Lipinski definition) is 2. The molecule has 0 fully saturated rings. The Morgan fingerprint density at radius 3 is 2.29 bits per heavy atom. The van der Waals surface area contributed by atoms with Crippen LogP contribution in [0, 0.1) is 0 Å². The van der Waals surface area contributed by atoms with Gasteiger partial charge in [0.25, 0.3) is 0 Å². The molecule has 21 heavy (non-hydrogen) atoms. The van der Waals surface area contributed by atoms with Crippen LogP contribution < -0.4 is 0 Å². The molecule has 0 radical (unpaired) electrons. The van der Waals surface area contributed by atoms with Gasteiger partial charge in [-0.1, -0.05) is 52.5 Å². The van der Waals surface area contributed by atoms with Gasteiger partial charge in [-0.15, -0.1) is 0 Å². The maximum atomic E-state index is 10.9. The van der Waals surface area contributed by atoms with E-state index in [0.29, 0.717) is 16.1 Å². The Balaban J connectivity index is 2.60. The fraction of sp³-hybridized carbons (Fsp3) is 0.0714. The number of carboxylic acids is 1. The van der Waals surface area contributed by atoms with Gasteiger partial charge in [0.05, 0.1) is 15.1 Å². The summed E-state index contributed by atoms with van der Waals surface area (Å²) >= 11 is 24.0. The molecule has 0 amide bonds. The summed E-state index contributed by atoms with van der Waals surface area (Å²) in [5.41, 5.74) is 1.21. The van der Waals surface area contributed by atoms with E-state index in [1.165, 1.54) is 12.1 Å². The van der Waals surface area contributed by atoms with E-state index in [9.17, 15) is 9.90 Å². The second-order valence-corrected chi connectivity index (χ2v) is 5.84. The van der Waals surface area contributed by atoms with E-state index in [4.69, 9.17) is 51.5 Å². The zero-order valence-corrected chi connectivity index (χ0v) is 13.3. The molecule has 2 aromatic rings. The molecule has 110 valence electrons. The minimum Gasteiger partial charge on any atom is -0.479 e. The number of carboxylic acid groups (broad SMARTS) is 1. The van der Waals surface area contributed by atoms with Crippen molar-refractivity contribution >= 4 is 52.4 Å². The lowest BCUT2D eigenvalue weighted by Gasteiger charge is -2.12. The molecular formula is C14H8Cl4O3. The van der Waals surface area contributed by atoms with Crippen molar-refractivity contribution in [1.82, 2.24) is 0 Å². The van der Waals surface area contributed by atoms with Crippen LogP contribution in [0.2, 0.25) is 20.1 Å². The first-order chi connectivity index (χ1) is 9.81. The number of aliphatic carboxylic acids is 1. The van der Waals surface area contributed by atoms with Gasteiger partial charge < -0.3 is 10.2 Å². The Bertz CT molecular complexity index is 716. The van der Waals surface area contributed by atoms with Gasteiger partial charge in [-0.25, -0.2) is 4.79 Å². The van der Waals surface area contributed by atoms with E-state index in [1.807, 2.05) is 0 Å². The zero-order valence-electron chi connectivity index (χ0n) is 10.3. The molecule has 2 aromatic carbocycles. The molecule has 0 saturated carbocycles. The average Bonchev–Trinajstić information content (AvgIpc) is 2.43. The highest BCUT2D eigenvalue weighted by atomic mass is 35.5. The highest BCUT2D eigenvalue weighted by Crippen LogP contribution is 2.39. The first-order valence-corrected chi connectivity index (χ1v) is 7.17. The average molecular weight is 366 g/mol. The Morgan fingerprint density at radius 1 is 1.00 bits per heavy atom. The molecule has 1 atom stereocenters. The normalized spacial score (nSPS) is 12.2. The molecule has 0 aliphatic heterocycles. The van der Waals surface area contributed by atoms with Crippen LogP contribution in [-0.4, -0.2) is 16.2 Å². The molecule has 0 saturated heterocycles. The molecule has 0 aliphatic rings. The van der Waals surface area contributed by atoms with E-state index >= 15 is 0 Å². The lowest BCUT2D eigenvalue weighted by Crippen LogP contribution is -2.10. The number of carbonyl (C=O) groups is 1. The molecule has 0 aromatic heterocycles. The Hall–Kier alpha value is -0.970. The van der Waals surface area contributed by atoms with Crippen molar-refractivity contribution in [3.63, 3.8) is 0 Å². The van der Waals surface area contributed by atoms with Crippen LogP contribution in [0.1, 0.15) is 11.7 Å². The van der Waals surface area contributed by atoms with Gasteiger partial charge in [0.2, 0.25) is 0 Å². The van der Waals surface area contributed by atoms with Crippen LogP contribution >= 0.6 is 46.4 Å². The van der Waals surface area contributed by atoms with Crippen molar-refractivity contribution in [2.45, 2.75) is 6.10 Å². The summed E-state index contributed by atoms with van der Waals surface area (Å²) in [7, 11) is 0. The summed E-state index contributed by atoms with van der Waals surface area (Å²) in [6.07, 6.45) is -1.68. The second kappa shape index (κ2) is 6.42. The number of rotatable bonds is 3. The van der Waals surface area contributed by atoms with Crippen LogP contribution in [0.3, 0.4) is 0 Å². The first-order valence-electron chi connectivity index (χ1n) is 5.66. The zero-order chi connectivity index (χ0) is 15.7. The molecule has 0 heterocycles. The summed E-state index contributed by atoms with van der Waals surface area (Å²) in [4.78, 5) is 10.9. The fourth-order valence-electron chi connectivity index (χ4n) is 1.82. The lowest BCUT2D eigenvalue weighted by atomic mass is 10.0. The van der Waals surface area contributed by atoms with Crippen LogP contribution in [0.15, 0.2) is 30.3 Å². The summed E-state index contributed by atoms with van der Waals surface area (Å²) in [5, 5.41) is 19.5. The van der Waals surface area contributed by atoms with Gasteiger partial charge in [0, 0.05) is 10.6 Å². The predicted octanol–water partition coefficient (Wildman–Crippen LogP) is 5.09. The smallest absolute Gasteiger partial charge is 0.337 e. The largest absolute Gasteiger partial charge is 0.479 e. The van der Waals surface area contributed by atoms with E-state index in [0.717, 1.165) is 0 Å². The van der Waals surface area contributed by atoms with E-state index < -0.39 is 12.1 Å². The van der Waals surface area contributed by atoms with Crippen LogP contribution in [0.4, 0.5) is 0 Å². The first kappa shape index (κ1) is 16.4. The van der Waals surface area contributed by atoms with E-state index in [1.54, 1.807) is 18.2 Å². The Kier molecular flexibility index (Phi) is 5.02. The minimum absolute atomic E-state index is 0.145. The minimum atomic E-state index is -1.68. The molecule has 0 spiro atoms. The maximum Gasteiger partial charge on any atom is 0.337 e. The fourth-order valence-corrected chi connectivity index (χ4v) is 2.71. The second-order valence-electron chi connectivity index (χ2n) is 4.24. The number of benzene rings is 2. The number of halogens is 4. The van der Waals surface area contributed by atoms with E-state index in [2.05, 4.69) is 0 Å². The monoisotopic (exact) mass is 364 g/mol. The summed E-state index contributed by atoms with van der Waals surface area (Å²) in [5.74, 6) is -1.37. The van der Waals surface area contributed by atoms with Crippen molar-refractivity contribution in [2.24, 2.45) is 0 Å². The number of hydrogen-bond acceptors (Lipinski definition) is 2. The van der Waals surface area contributed by atoms with Gasteiger partial charge in [-0.2, -0.15) is 0 Å². The van der Waals surface area contributed by atoms with Gasteiger partial charge in [0.15, 0.2) is 6.10 Å². The number of aliphatic hydroxyl groups is 1. The standard InChI is InChI=1S/C14H8Cl4O3/c15-8-4-6(3-7(5-8)13(19)14(20)21)9-1-2-10(16)12(18)11(9)17/h1-5,13,19H,(H,20,21). The third kappa shape index (κ3) is 3.44. The van der Waals surface area contributed by atoms with Gasteiger partial charge in [-0.3, -0.25) is 0 Å². The lowest BCUT2D eigenvalue weighted by molar-refractivity contribution is -0.146. The van der Waals surface area contributed by atoms with Crippen LogP contribution in [-0.2, 0) is 4.79 Å². The highest BCUT2D eigenvalue weighted by Gasteiger charge is 2.18. The number of aliphatic hydroxyl groups excluding tert-OH is 1. The SMILES string of the molecule is O=C(O)C(O)c1cc(Cl)cc(-c2ccc(Cl)c(Cl)c2Cl)c1. The van der Waals surface area contributed by atoms with Crippen molar-refractivity contribution < 1.29 is 15.0 Å². The van der Waals surface area contributed by atoms with Crippen molar-refractivity contribution in [3.05, 3.63) is 56.0 Å². The van der Waals surface area contributed by atoms with Gasteiger partial charge in [0.1, 0.15) is 0 Å². The molecule has 3 nitrogen and oxygen atoms in total. The molecule has 0 aliphatic carbocycles. The van der Waals surface area contributed by atoms with Crippen molar-refractivity contribution in [2.75, 3.05) is 0 Å². The topological polar surface area (TPSA) is 57.5 Å². The molecule has 7 heteroatoms. The van der Waals surface area contributed by atoms with E-state index in [-0.39, 0.29) is 20.6 Å². The summed E-state index contributed by atoms with van der Waals surface area (Å²) in [6, 6.07) is 7.65. The summed E-state index contributed by atoms with van der Waals surface area (Å²) in [6.45, 7) is 0. The molecule has 2 N–H and O–H groups in total. The molecular weight excluding hydrogens is 358 g/mol. The molecule has 1 unspecified atom stereocenters. The highest BCUT2D eigenvalue weighted by molar-refractivity contribution is 6.49. The Morgan fingerprint density at radius 2 is 1.67 bits per heavy atom. The third-order valence-corrected chi connectivity index (χ3v) is 4.33. The van der Waals surface area contributed by atoms with Crippen LogP contribution in [0.25, 0.3) is 11.1 Å². The van der Waals surface area contributed by atoms with Crippen molar-refractivity contribution in [3.8, 4) is 11.1 Å². The quantitative estimate of drug-likeness (QED) is 0.745. The molecule has 2 rings (SSSR count).